The second kappa shape index (κ2) is 8.43. The van der Waals surface area contributed by atoms with E-state index in [1.54, 1.807) is 19.0 Å². The van der Waals surface area contributed by atoms with Crippen molar-refractivity contribution in [3.05, 3.63) is 41.3 Å². The zero-order chi connectivity index (χ0) is 19.4. The highest BCUT2D eigenvalue weighted by Gasteiger charge is 2.22. The zero-order valence-corrected chi connectivity index (χ0v) is 16.6. The van der Waals surface area contributed by atoms with Crippen molar-refractivity contribution in [3.63, 3.8) is 0 Å². The number of aryl methyl sites for hydroxylation is 2. The topological polar surface area (TPSA) is 74.2 Å². The lowest BCUT2D eigenvalue weighted by Gasteiger charge is -2.32. The molecule has 1 saturated heterocycles. The minimum Gasteiger partial charge on any atom is -0.348 e. The molecule has 3 heterocycles. The number of pyridine rings is 1. The number of aromatic nitrogens is 3. The fourth-order valence-corrected chi connectivity index (χ4v) is 3.42. The molecule has 2 aromatic rings. The van der Waals surface area contributed by atoms with E-state index in [9.17, 15) is 4.79 Å². The van der Waals surface area contributed by atoms with Gasteiger partial charge in [0.05, 0.1) is 6.54 Å². The number of anilines is 2. The molecule has 1 amide bonds. The van der Waals surface area contributed by atoms with Crippen molar-refractivity contribution in [1.29, 1.82) is 0 Å². The van der Waals surface area contributed by atoms with Crippen molar-refractivity contribution in [2.45, 2.75) is 32.6 Å². The Balaban J connectivity index is 1.62. The maximum Gasteiger partial charge on any atom is 0.236 e. The second-order valence-corrected chi connectivity index (χ2v) is 7.41. The highest BCUT2D eigenvalue weighted by atomic mass is 16.2. The lowest BCUT2D eigenvalue weighted by molar-refractivity contribution is -0.130. The summed E-state index contributed by atoms with van der Waals surface area (Å²) in [6.45, 7) is 6.30. The molecule has 0 bridgehead atoms. The van der Waals surface area contributed by atoms with Gasteiger partial charge in [0.25, 0.3) is 0 Å². The van der Waals surface area contributed by atoms with Gasteiger partial charge in [-0.05, 0) is 69.5 Å². The van der Waals surface area contributed by atoms with Gasteiger partial charge in [0.15, 0.2) is 0 Å². The fourth-order valence-electron chi connectivity index (χ4n) is 3.42. The van der Waals surface area contributed by atoms with E-state index in [0.717, 1.165) is 43.1 Å². The third kappa shape index (κ3) is 5.23. The summed E-state index contributed by atoms with van der Waals surface area (Å²) in [5.41, 5.74) is 3.14. The molecule has 3 rings (SSSR count). The van der Waals surface area contributed by atoms with Gasteiger partial charge in [-0.25, -0.2) is 15.0 Å². The molecule has 0 saturated carbocycles. The van der Waals surface area contributed by atoms with Gasteiger partial charge in [0.2, 0.25) is 11.9 Å². The number of amides is 1. The molecule has 0 aromatic carbocycles. The Labute approximate surface area is 160 Å². The van der Waals surface area contributed by atoms with Crippen molar-refractivity contribution >= 4 is 17.7 Å². The van der Waals surface area contributed by atoms with Gasteiger partial charge < -0.3 is 10.2 Å². The van der Waals surface area contributed by atoms with Gasteiger partial charge in [-0.1, -0.05) is 0 Å². The van der Waals surface area contributed by atoms with Crippen molar-refractivity contribution in [3.8, 4) is 0 Å². The maximum absolute atomic E-state index is 11.9. The Bertz CT molecular complexity index is 779. The molecule has 0 radical (unpaired) electrons. The molecule has 144 valence electrons. The zero-order valence-electron chi connectivity index (χ0n) is 16.6. The first kappa shape index (κ1) is 19.2. The summed E-state index contributed by atoms with van der Waals surface area (Å²) in [5, 5.41) is 3.22. The molecule has 1 aliphatic rings. The summed E-state index contributed by atoms with van der Waals surface area (Å²) < 4.78 is 0. The molecule has 0 spiro atoms. The molecular weight excluding hydrogens is 340 g/mol. The number of rotatable bonds is 5. The molecule has 0 unspecified atom stereocenters. The fraction of sp³-hybridized carbons (Fsp3) is 0.500. The average Bonchev–Trinajstić information content (AvgIpc) is 2.61. The Morgan fingerprint density at radius 3 is 2.48 bits per heavy atom. The lowest BCUT2D eigenvalue weighted by atomic mass is 9.90. The SMILES string of the molecule is Cc1cc(C)nc(Nc2cc(C3CCN(CC(=O)N(C)C)CC3)ccn2)n1. The van der Waals surface area contributed by atoms with Crippen molar-refractivity contribution in [2.75, 3.05) is 39.0 Å². The molecule has 1 aliphatic heterocycles. The number of hydrogen-bond acceptors (Lipinski definition) is 6. The summed E-state index contributed by atoms with van der Waals surface area (Å²) in [6.07, 6.45) is 3.93. The minimum absolute atomic E-state index is 0.164. The summed E-state index contributed by atoms with van der Waals surface area (Å²) in [6, 6.07) is 6.12. The molecule has 0 atom stereocenters. The quantitative estimate of drug-likeness (QED) is 0.874. The number of nitrogens with zero attached hydrogens (tertiary/aromatic N) is 5. The number of hydrogen-bond donors (Lipinski definition) is 1. The number of nitrogens with one attached hydrogen (secondary N) is 1. The van der Waals surface area contributed by atoms with Crippen LogP contribution in [0.1, 0.15) is 35.7 Å². The molecular formula is C20H28N6O. The largest absolute Gasteiger partial charge is 0.348 e. The smallest absolute Gasteiger partial charge is 0.236 e. The van der Waals surface area contributed by atoms with E-state index >= 15 is 0 Å². The van der Waals surface area contributed by atoms with E-state index in [1.807, 2.05) is 26.1 Å². The van der Waals surface area contributed by atoms with Crippen LogP contribution in [0.2, 0.25) is 0 Å². The Morgan fingerprint density at radius 1 is 1.19 bits per heavy atom. The standard InChI is InChI=1S/C20H28N6O/c1-14-11-15(2)23-20(22-14)24-18-12-17(5-8-21-18)16-6-9-26(10-7-16)13-19(27)25(3)4/h5,8,11-12,16H,6-7,9-10,13H2,1-4H3,(H,21,22,23,24). The van der Waals surface area contributed by atoms with Crippen LogP contribution < -0.4 is 5.32 Å². The van der Waals surface area contributed by atoms with Crippen LogP contribution in [-0.2, 0) is 4.79 Å². The predicted molar refractivity (Wildman–Crippen MR) is 106 cm³/mol. The van der Waals surface area contributed by atoms with Crippen molar-refractivity contribution in [2.24, 2.45) is 0 Å². The Kier molecular flexibility index (Phi) is 6.01. The highest BCUT2D eigenvalue weighted by molar-refractivity contribution is 5.77. The Hall–Kier alpha value is -2.54. The van der Waals surface area contributed by atoms with Crippen LogP contribution in [0.5, 0.6) is 0 Å². The first-order valence-electron chi connectivity index (χ1n) is 9.38. The summed E-state index contributed by atoms with van der Waals surface area (Å²) in [7, 11) is 3.61. The van der Waals surface area contributed by atoms with Crippen LogP contribution in [0.4, 0.5) is 11.8 Å². The van der Waals surface area contributed by atoms with E-state index < -0.39 is 0 Å². The van der Waals surface area contributed by atoms with Gasteiger partial charge in [0, 0.05) is 31.7 Å². The molecule has 1 N–H and O–H groups in total. The van der Waals surface area contributed by atoms with Crippen molar-refractivity contribution < 1.29 is 4.79 Å². The second-order valence-electron chi connectivity index (χ2n) is 7.41. The molecule has 7 nitrogen and oxygen atoms in total. The van der Waals surface area contributed by atoms with E-state index in [4.69, 9.17) is 0 Å². The van der Waals surface area contributed by atoms with E-state index in [-0.39, 0.29) is 5.91 Å². The van der Waals surface area contributed by atoms with Gasteiger partial charge in [0.1, 0.15) is 5.82 Å². The summed E-state index contributed by atoms with van der Waals surface area (Å²) in [5.74, 6) is 1.99. The van der Waals surface area contributed by atoms with Crippen molar-refractivity contribution in [1.82, 2.24) is 24.8 Å². The average molecular weight is 368 g/mol. The van der Waals surface area contributed by atoms with E-state index in [2.05, 4.69) is 37.3 Å². The number of carbonyl (C=O) groups is 1. The summed E-state index contributed by atoms with van der Waals surface area (Å²) in [4.78, 5) is 29.0. The van der Waals surface area contributed by atoms with Crippen LogP contribution in [-0.4, -0.2) is 64.4 Å². The van der Waals surface area contributed by atoms with Crippen LogP contribution in [0.15, 0.2) is 24.4 Å². The maximum atomic E-state index is 11.9. The van der Waals surface area contributed by atoms with E-state index in [1.165, 1.54) is 5.56 Å². The predicted octanol–water partition coefficient (Wildman–Crippen LogP) is 2.50. The van der Waals surface area contributed by atoms with Crippen LogP contribution in [0.3, 0.4) is 0 Å². The first-order chi connectivity index (χ1) is 12.9. The number of carbonyl (C=O) groups excluding carboxylic acids is 1. The minimum atomic E-state index is 0.164. The summed E-state index contributed by atoms with van der Waals surface area (Å²) >= 11 is 0. The lowest BCUT2D eigenvalue weighted by Crippen LogP contribution is -2.40. The first-order valence-corrected chi connectivity index (χ1v) is 9.38. The highest BCUT2D eigenvalue weighted by Crippen LogP contribution is 2.29. The number of piperidine rings is 1. The third-order valence-electron chi connectivity index (χ3n) is 4.92. The van der Waals surface area contributed by atoms with Crippen LogP contribution in [0, 0.1) is 13.8 Å². The van der Waals surface area contributed by atoms with Crippen LogP contribution in [0.25, 0.3) is 0 Å². The van der Waals surface area contributed by atoms with Gasteiger partial charge in [-0.2, -0.15) is 0 Å². The van der Waals surface area contributed by atoms with Gasteiger partial charge >= 0.3 is 0 Å². The monoisotopic (exact) mass is 368 g/mol. The normalized spacial score (nSPS) is 15.6. The van der Waals surface area contributed by atoms with Gasteiger partial charge in [-0.15, -0.1) is 0 Å². The van der Waals surface area contributed by atoms with Gasteiger partial charge in [-0.3, -0.25) is 9.69 Å². The molecule has 7 heteroatoms. The molecule has 1 fully saturated rings. The van der Waals surface area contributed by atoms with Crippen LogP contribution >= 0.6 is 0 Å². The molecule has 0 aliphatic carbocycles. The molecule has 27 heavy (non-hydrogen) atoms. The number of likely N-dealkylation sites (N-methyl/N-ethyl adjacent to an activating group) is 1. The number of likely N-dealkylation sites (tertiary alicyclic amines) is 1. The van der Waals surface area contributed by atoms with E-state index in [0.29, 0.717) is 18.4 Å². The third-order valence-corrected chi connectivity index (χ3v) is 4.92. The molecule has 2 aromatic heterocycles. The Morgan fingerprint density at radius 2 is 1.85 bits per heavy atom.